The Kier molecular flexibility index (Phi) is 2.15. The standard InChI is InChI=1S/C9H12N2O5/c12-3-4-6(14)7-8(15-4)11-2-1-5(13)10-9(11)16-7/h1-2,4,6-9,12,14H,3H2,(H,10,13)/t4-,6-,7-,8-,9?/m1/s1. The summed E-state index contributed by atoms with van der Waals surface area (Å²) >= 11 is 0. The molecule has 0 aliphatic carbocycles. The summed E-state index contributed by atoms with van der Waals surface area (Å²) in [5, 5.41) is 21.4. The molecule has 0 aromatic heterocycles. The molecule has 3 rings (SSSR count). The molecule has 7 nitrogen and oxygen atoms in total. The van der Waals surface area contributed by atoms with Crippen LogP contribution in [0.3, 0.4) is 0 Å². The Bertz CT molecular complexity index is 347. The van der Waals surface area contributed by atoms with Gasteiger partial charge in [-0.15, -0.1) is 0 Å². The fraction of sp³-hybridized carbons (Fsp3) is 0.667. The molecule has 1 unspecified atom stereocenters. The molecule has 3 heterocycles. The quantitative estimate of drug-likeness (QED) is 0.467. The van der Waals surface area contributed by atoms with Crippen molar-refractivity contribution in [3.8, 4) is 0 Å². The van der Waals surface area contributed by atoms with E-state index in [-0.39, 0.29) is 12.5 Å². The highest BCUT2D eigenvalue weighted by Crippen LogP contribution is 2.34. The van der Waals surface area contributed by atoms with Crippen LogP contribution >= 0.6 is 0 Å². The van der Waals surface area contributed by atoms with Gasteiger partial charge in [0.15, 0.2) is 6.23 Å². The molecular formula is C9H12N2O5. The van der Waals surface area contributed by atoms with E-state index in [0.29, 0.717) is 0 Å². The molecule has 2 fully saturated rings. The van der Waals surface area contributed by atoms with Crippen LogP contribution in [-0.4, -0.2) is 58.5 Å². The first kappa shape index (κ1) is 10.0. The molecule has 0 aromatic rings. The molecule has 88 valence electrons. The van der Waals surface area contributed by atoms with E-state index in [1.807, 2.05) is 0 Å². The molecule has 0 radical (unpaired) electrons. The van der Waals surface area contributed by atoms with Crippen LogP contribution in [0.15, 0.2) is 12.3 Å². The molecule has 0 aromatic carbocycles. The molecule has 2 saturated heterocycles. The maximum absolute atomic E-state index is 11.1. The second-order valence-electron chi connectivity index (χ2n) is 3.96. The Balaban J connectivity index is 1.82. The van der Waals surface area contributed by atoms with Crippen molar-refractivity contribution in [1.29, 1.82) is 0 Å². The molecule has 0 saturated carbocycles. The summed E-state index contributed by atoms with van der Waals surface area (Å²) in [6, 6.07) is 0. The smallest absolute Gasteiger partial charge is 0.248 e. The second kappa shape index (κ2) is 3.42. The van der Waals surface area contributed by atoms with Crippen LogP contribution in [-0.2, 0) is 14.3 Å². The highest BCUT2D eigenvalue weighted by atomic mass is 16.6. The highest BCUT2D eigenvalue weighted by molar-refractivity contribution is 5.88. The molecule has 5 atom stereocenters. The van der Waals surface area contributed by atoms with Gasteiger partial charge in [0, 0.05) is 12.3 Å². The van der Waals surface area contributed by atoms with E-state index in [0.717, 1.165) is 0 Å². The number of amides is 1. The molecule has 0 bridgehead atoms. The van der Waals surface area contributed by atoms with E-state index in [9.17, 15) is 9.90 Å². The van der Waals surface area contributed by atoms with E-state index in [4.69, 9.17) is 14.6 Å². The average Bonchev–Trinajstić information content (AvgIpc) is 2.75. The first-order valence-corrected chi connectivity index (χ1v) is 5.06. The van der Waals surface area contributed by atoms with Crippen molar-refractivity contribution in [2.45, 2.75) is 30.9 Å². The predicted molar refractivity (Wildman–Crippen MR) is 49.5 cm³/mol. The number of fused-ring (bicyclic) bond motifs is 3. The number of hydrogen-bond acceptors (Lipinski definition) is 6. The SMILES string of the molecule is O=C1C=CN2C(N1)O[C@@H]1[C@H](O)[C@@H](CO)O[C@H]12. The highest BCUT2D eigenvalue weighted by Gasteiger charge is 2.54. The first-order valence-electron chi connectivity index (χ1n) is 5.06. The minimum atomic E-state index is -0.883. The van der Waals surface area contributed by atoms with E-state index < -0.39 is 30.9 Å². The van der Waals surface area contributed by atoms with Gasteiger partial charge < -0.3 is 29.9 Å². The number of aliphatic hydroxyl groups excluding tert-OH is 2. The van der Waals surface area contributed by atoms with Crippen LogP contribution < -0.4 is 5.32 Å². The molecular weight excluding hydrogens is 216 g/mol. The molecule has 0 spiro atoms. The van der Waals surface area contributed by atoms with Crippen LogP contribution in [0.25, 0.3) is 0 Å². The molecule has 16 heavy (non-hydrogen) atoms. The number of nitrogens with one attached hydrogen (secondary N) is 1. The van der Waals surface area contributed by atoms with Crippen LogP contribution in [0, 0.1) is 0 Å². The van der Waals surface area contributed by atoms with Crippen LogP contribution in [0.4, 0.5) is 0 Å². The zero-order chi connectivity index (χ0) is 11.3. The van der Waals surface area contributed by atoms with Crippen molar-refractivity contribution < 1.29 is 24.5 Å². The lowest BCUT2D eigenvalue weighted by Crippen LogP contribution is -2.48. The van der Waals surface area contributed by atoms with Crippen molar-refractivity contribution in [3.63, 3.8) is 0 Å². The summed E-state index contributed by atoms with van der Waals surface area (Å²) in [6.07, 6.45) is -0.195. The first-order chi connectivity index (χ1) is 7.70. The lowest BCUT2D eigenvalue weighted by molar-refractivity contribution is -0.133. The summed E-state index contributed by atoms with van der Waals surface area (Å²) in [5.41, 5.74) is 0. The van der Waals surface area contributed by atoms with Gasteiger partial charge in [-0.25, -0.2) is 0 Å². The number of nitrogens with zero attached hydrogens (tertiary/aromatic N) is 1. The third-order valence-electron chi connectivity index (χ3n) is 3.01. The average molecular weight is 228 g/mol. The largest absolute Gasteiger partial charge is 0.394 e. The topological polar surface area (TPSA) is 91.3 Å². The van der Waals surface area contributed by atoms with E-state index in [1.54, 1.807) is 11.1 Å². The lowest BCUT2D eigenvalue weighted by Gasteiger charge is -2.29. The second-order valence-corrected chi connectivity index (χ2v) is 3.96. The van der Waals surface area contributed by atoms with Crippen LogP contribution in [0.1, 0.15) is 0 Å². The van der Waals surface area contributed by atoms with Gasteiger partial charge in [0.2, 0.25) is 12.3 Å². The van der Waals surface area contributed by atoms with Gasteiger partial charge in [0.25, 0.3) is 0 Å². The van der Waals surface area contributed by atoms with Gasteiger partial charge in [-0.2, -0.15) is 0 Å². The summed E-state index contributed by atoms with van der Waals surface area (Å²) in [4.78, 5) is 12.8. The van der Waals surface area contributed by atoms with E-state index in [1.165, 1.54) is 6.08 Å². The van der Waals surface area contributed by atoms with Gasteiger partial charge in [0.1, 0.15) is 18.3 Å². The van der Waals surface area contributed by atoms with Gasteiger partial charge in [-0.1, -0.05) is 0 Å². The Labute approximate surface area is 91.2 Å². The Morgan fingerprint density at radius 2 is 2.31 bits per heavy atom. The van der Waals surface area contributed by atoms with E-state index >= 15 is 0 Å². The fourth-order valence-electron chi connectivity index (χ4n) is 2.20. The Morgan fingerprint density at radius 1 is 1.50 bits per heavy atom. The minimum Gasteiger partial charge on any atom is -0.394 e. The van der Waals surface area contributed by atoms with Gasteiger partial charge in [0.05, 0.1) is 6.61 Å². The third kappa shape index (κ3) is 1.26. The zero-order valence-electron chi connectivity index (χ0n) is 8.31. The van der Waals surface area contributed by atoms with Crippen molar-refractivity contribution in [1.82, 2.24) is 10.2 Å². The van der Waals surface area contributed by atoms with E-state index in [2.05, 4.69) is 5.32 Å². The van der Waals surface area contributed by atoms with Crippen molar-refractivity contribution in [3.05, 3.63) is 12.3 Å². The van der Waals surface area contributed by atoms with Gasteiger partial charge >= 0.3 is 0 Å². The minimum absolute atomic E-state index is 0.241. The monoisotopic (exact) mass is 228 g/mol. The summed E-state index contributed by atoms with van der Waals surface area (Å²) in [5.74, 6) is -0.241. The van der Waals surface area contributed by atoms with Crippen molar-refractivity contribution in [2.75, 3.05) is 6.61 Å². The number of aliphatic hydroxyl groups is 2. The molecule has 3 aliphatic rings. The zero-order valence-corrected chi connectivity index (χ0v) is 8.31. The van der Waals surface area contributed by atoms with Crippen molar-refractivity contribution in [2.24, 2.45) is 0 Å². The normalized spacial score (nSPS) is 45.5. The maximum atomic E-state index is 11.1. The summed E-state index contributed by atoms with van der Waals surface area (Å²) in [7, 11) is 0. The number of carbonyl (C=O) groups is 1. The Hall–Kier alpha value is -1.15. The fourth-order valence-corrected chi connectivity index (χ4v) is 2.20. The summed E-state index contributed by atoms with van der Waals surface area (Å²) < 4.78 is 10.9. The number of rotatable bonds is 1. The van der Waals surface area contributed by atoms with Gasteiger partial charge in [-0.3, -0.25) is 4.79 Å². The Morgan fingerprint density at radius 3 is 3.06 bits per heavy atom. The molecule has 3 aliphatic heterocycles. The predicted octanol–water partition coefficient (Wildman–Crippen LogP) is -2.31. The third-order valence-corrected chi connectivity index (χ3v) is 3.01. The summed E-state index contributed by atoms with van der Waals surface area (Å²) in [6.45, 7) is -0.258. The molecule has 1 amide bonds. The number of hydrogen-bond donors (Lipinski definition) is 3. The van der Waals surface area contributed by atoms with Crippen molar-refractivity contribution >= 4 is 5.91 Å². The lowest BCUT2D eigenvalue weighted by atomic mass is 10.1. The number of carbonyl (C=O) groups excluding carboxylic acids is 1. The molecule has 7 heteroatoms. The molecule has 3 N–H and O–H groups in total. The van der Waals surface area contributed by atoms with Crippen LogP contribution in [0.5, 0.6) is 0 Å². The number of ether oxygens (including phenoxy) is 2. The maximum Gasteiger partial charge on any atom is 0.248 e. The van der Waals surface area contributed by atoms with Crippen LogP contribution in [0.2, 0.25) is 0 Å². The van der Waals surface area contributed by atoms with Gasteiger partial charge in [-0.05, 0) is 0 Å².